The number of ketones is 1. The normalized spacial score (nSPS) is 11.4. The number of rotatable bonds is 7. The van der Waals surface area contributed by atoms with Crippen molar-refractivity contribution < 1.29 is 17.9 Å². The maximum atomic E-state index is 12.9. The molecule has 30 heavy (non-hydrogen) atoms. The molecule has 0 unspecified atom stereocenters. The van der Waals surface area contributed by atoms with Gasteiger partial charge < -0.3 is 4.74 Å². The molecule has 3 rings (SSSR count). The third-order valence-electron chi connectivity index (χ3n) is 4.13. The van der Waals surface area contributed by atoms with Crippen molar-refractivity contribution in [2.75, 3.05) is 11.8 Å². The van der Waals surface area contributed by atoms with Crippen LogP contribution in [0, 0.1) is 0 Å². The largest absolute Gasteiger partial charge is 0.495 e. The summed E-state index contributed by atoms with van der Waals surface area (Å²) in [6, 6.07) is 17.8. The number of carbonyl (C=O) groups is 1. The molecule has 0 bridgehead atoms. The Kier molecular flexibility index (Phi) is 6.82. The van der Waals surface area contributed by atoms with Crippen LogP contribution in [0.2, 0.25) is 10.0 Å². The number of anilines is 1. The van der Waals surface area contributed by atoms with E-state index in [0.717, 1.165) is 0 Å². The van der Waals surface area contributed by atoms with Crippen molar-refractivity contribution in [2.45, 2.75) is 4.90 Å². The van der Waals surface area contributed by atoms with Gasteiger partial charge in [-0.05, 0) is 42.0 Å². The number of ether oxygens (including phenoxy) is 1. The number of allylic oxidation sites excluding steroid dienone is 1. The van der Waals surface area contributed by atoms with Gasteiger partial charge in [0.15, 0.2) is 5.78 Å². The standard InChI is InChI=1S/C22H17Cl2NO4S/c1-29-21-12-8-15(7-11-20(26)16-5-3-2-4-6-16)13-22(21)30(27,28)25-17-9-10-18(23)19(24)14-17/h2-14,25H,1H3/b11-7+. The molecule has 1 N–H and O–H groups in total. The Morgan fingerprint density at radius 3 is 2.37 bits per heavy atom. The predicted molar refractivity (Wildman–Crippen MR) is 120 cm³/mol. The smallest absolute Gasteiger partial charge is 0.265 e. The molecule has 5 nitrogen and oxygen atoms in total. The number of hydrogen-bond acceptors (Lipinski definition) is 4. The summed E-state index contributed by atoms with van der Waals surface area (Å²) in [5.74, 6) is -0.0288. The Labute approximate surface area is 185 Å². The van der Waals surface area contributed by atoms with Gasteiger partial charge in [0.1, 0.15) is 10.6 Å². The summed E-state index contributed by atoms with van der Waals surface area (Å²) in [7, 11) is -2.62. The summed E-state index contributed by atoms with van der Waals surface area (Å²) in [6.45, 7) is 0. The molecule has 0 fully saturated rings. The highest BCUT2D eigenvalue weighted by atomic mass is 35.5. The molecule has 3 aromatic carbocycles. The molecule has 3 aromatic rings. The maximum absolute atomic E-state index is 12.9. The summed E-state index contributed by atoms with van der Waals surface area (Å²) in [5.41, 5.74) is 1.32. The fourth-order valence-electron chi connectivity index (χ4n) is 2.65. The number of hydrogen-bond donors (Lipinski definition) is 1. The first-order valence-electron chi connectivity index (χ1n) is 8.73. The number of halogens is 2. The Morgan fingerprint density at radius 2 is 1.70 bits per heavy atom. The first-order valence-corrected chi connectivity index (χ1v) is 11.0. The van der Waals surface area contributed by atoms with Gasteiger partial charge in [0.2, 0.25) is 0 Å². The Hall–Kier alpha value is -2.80. The van der Waals surface area contributed by atoms with Crippen molar-refractivity contribution in [1.29, 1.82) is 0 Å². The van der Waals surface area contributed by atoms with Crippen LogP contribution in [0.25, 0.3) is 6.08 Å². The van der Waals surface area contributed by atoms with Gasteiger partial charge in [0.05, 0.1) is 22.8 Å². The molecular formula is C22H17Cl2NO4S. The molecule has 0 aliphatic rings. The minimum atomic E-state index is -3.99. The minimum absolute atomic E-state index is 0.0783. The summed E-state index contributed by atoms with van der Waals surface area (Å²) < 4.78 is 33.5. The van der Waals surface area contributed by atoms with Crippen LogP contribution in [0.1, 0.15) is 15.9 Å². The molecule has 0 saturated heterocycles. The van der Waals surface area contributed by atoms with Crippen LogP contribution in [0.4, 0.5) is 5.69 Å². The Morgan fingerprint density at radius 1 is 0.967 bits per heavy atom. The first-order chi connectivity index (χ1) is 14.3. The molecule has 154 valence electrons. The van der Waals surface area contributed by atoms with Crippen molar-refractivity contribution in [3.63, 3.8) is 0 Å². The first kappa shape index (κ1) is 21.9. The van der Waals surface area contributed by atoms with Crippen LogP contribution in [-0.4, -0.2) is 21.3 Å². The SMILES string of the molecule is COc1ccc(/C=C/C(=O)c2ccccc2)cc1S(=O)(=O)Nc1ccc(Cl)c(Cl)c1. The Bertz CT molecular complexity index is 1210. The lowest BCUT2D eigenvalue weighted by Crippen LogP contribution is -2.14. The van der Waals surface area contributed by atoms with Crippen molar-refractivity contribution >= 4 is 50.8 Å². The average molecular weight is 462 g/mol. The monoisotopic (exact) mass is 461 g/mol. The number of carbonyl (C=O) groups excluding carboxylic acids is 1. The summed E-state index contributed by atoms with van der Waals surface area (Å²) in [4.78, 5) is 12.2. The third-order valence-corrected chi connectivity index (χ3v) is 6.28. The van der Waals surface area contributed by atoms with Crippen LogP contribution in [0.3, 0.4) is 0 Å². The van der Waals surface area contributed by atoms with E-state index >= 15 is 0 Å². The second kappa shape index (κ2) is 9.34. The van der Waals surface area contributed by atoms with Crippen molar-refractivity contribution in [2.24, 2.45) is 0 Å². The molecule has 0 aromatic heterocycles. The van der Waals surface area contributed by atoms with E-state index in [9.17, 15) is 13.2 Å². The second-order valence-electron chi connectivity index (χ2n) is 6.21. The lowest BCUT2D eigenvalue weighted by molar-refractivity contribution is 0.104. The molecular weight excluding hydrogens is 445 g/mol. The van der Waals surface area contributed by atoms with E-state index in [1.807, 2.05) is 6.07 Å². The Balaban J connectivity index is 1.90. The van der Waals surface area contributed by atoms with Gasteiger partial charge in [-0.2, -0.15) is 0 Å². The van der Waals surface area contributed by atoms with Gasteiger partial charge in [-0.3, -0.25) is 9.52 Å². The maximum Gasteiger partial charge on any atom is 0.265 e. The molecule has 0 spiro atoms. The van der Waals surface area contributed by atoms with E-state index in [0.29, 0.717) is 16.1 Å². The topological polar surface area (TPSA) is 72.5 Å². The second-order valence-corrected chi connectivity index (χ2v) is 8.67. The van der Waals surface area contributed by atoms with Crippen LogP contribution < -0.4 is 9.46 Å². The van der Waals surface area contributed by atoms with Crippen LogP contribution >= 0.6 is 23.2 Å². The van der Waals surface area contributed by atoms with Gasteiger partial charge in [-0.15, -0.1) is 0 Å². The quantitative estimate of drug-likeness (QED) is 0.361. The van der Waals surface area contributed by atoms with E-state index in [1.54, 1.807) is 36.4 Å². The van der Waals surface area contributed by atoms with Crippen LogP contribution in [0.5, 0.6) is 5.75 Å². The zero-order chi connectivity index (χ0) is 21.7. The fraction of sp³-hybridized carbons (Fsp3) is 0.0455. The molecule has 0 radical (unpaired) electrons. The van der Waals surface area contributed by atoms with E-state index in [-0.39, 0.29) is 27.1 Å². The summed E-state index contributed by atoms with van der Waals surface area (Å²) in [5, 5.41) is 0.535. The van der Waals surface area contributed by atoms with E-state index in [4.69, 9.17) is 27.9 Å². The predicted octanol–water partition coefficient (Wildman–Crippen LogP) is 5.70. The lowest BCUT2D eigenvalue weighted by atomic mass is 10.1. The molecule has 8 heteroatoms. The van der Waals surface area contributed by atoms with E-state index in [1.165, 1.54) is 43.5 Å². The van der Waals surface area contributed by atoms with Gasteiger partial charge in [-0.25, -0.2) is 8.42 Å². The highest BCUT2D eigenvalue weighted by Gasteiger charge is 2.20. The lowest BCUT2D eigenvalue weighted by Gasteiger charge is -2.13. The van der Waals surface area contributed by atoms with E-state index in [2.05, 4.69) is 4.72 Å². The molecule has 0 aliphatic heterocycles. The molecule has 0 atom stereocenters. The highest BCUT2D eigenvalue weighted by Crippen LogP contribution is 2.30. The molecule has 0 amide bonds. The molecule has 0 heterocycles. The van der Waals surface area contributed by atoms with Crippen molar-refractivity contribution in [1.82, 2.24) is 0 Å². The third kappa shape index (κ3) is 5.21. The molecule has 0 saturated carbocycles. The number of benzene rings is 3. The number of nitrogens with one attached hydrogen (secondary N) is 1. The molecule has 0 aliphatic carbocycles. The van der Waals surface area contributed by atoms with Gasteiger partial charge in [0.25, 0.3) is 10.0 Å². The summed E-state index contributed by atoms with van der Waals surface area (Å²) in [6.07, 6.45) is 2.94. The highest BCUT2D eigenvalue weighted by molar-refractivity contribution is 7.92. The minimum Gasteiger partial charge on any atom is -0.495 e. The van der Waals surface area contributed by atoms with Crippen molar-refractivity contribution in [3.05, 3.63) is 94.0 Å². The van der Waals surface area contributed by atoms with Crippen molar-refractivity contribution in [3.8, 4) is 5.75 Å². The van der Waals surface area contributed by atoms with Gasteiger partial charge in [0, 0.05) is 5.56 Å². The zero-order valence-electron chi connectivity index (χ0n) is 15.8. The summed E-state index contributed by atoms with van der Waals surface area (Å²) >= 11 is 11.8. The average Bonchev–Trinajstić information content (AvgIpc) is 2.75. The zero-order valence-corrected chi connectivity index (χ0v) is 18.1. The van der Waals surface area contributed by atoms with E-state index < -0.39 is 10.0 Å². The van der Waals surface area contributed by atoms with Gasteiger partial charge in [-0.1, -0.05) is 65.7 Å². The van der Waals surface area contributed by atoms with Crippen LogP contribution in [0.15, 0.2) is 77.7 Å². The van der Waals surface area contributed by atoms with Crippen LogP contribution in [-0.2, 0) is 10.0 Å². The number of sulfonamides is 1. The van der Waals surface area contributed by atoms with Gasteiger partial charge >= 0.3 is 0 Å². The number of methoxy groups -OCH3 is 1. The fourth-order valence-corrected chi connectivity index (χ4v) is 4.20.